The maximum Gasteiger partial charge on any atom is 0.275 e. The minimum absolute atomic E-state index is 0.248. The van der Waals surface area contributed by atoms with Gasteiger partial charge in [0, 0.05) is 9.77 Å². The van der Waals surface area contributed by atoms with Crippen molar-refractivity contribution in [2.45, 2.75) is 4.90 Å². The average Bonchev–Trinajstić information content (AvgIpc) is 2.87. The molecule has 0 saturated heterocycles. The third-order valence-electron chi connectivity index (χ3n) is 2.34. The lowest BCUT2D eigenvalue weighted by Crippen LogP contribution is -2.29. The smallest absolute Gasteiger partial charge is 0.275 e. The van der Waals surface area contributed by atoms with Crippen LogP contribution < -0.4 is 11.3 Å². The van der Waals surface area contributed by atoms with Crippen LogP contribution in [-0.4, -0.2) is 12.2 Å². The molecule has 1 heterocycles. The number of hydrogen-bond donors (Lipinski definition) is 2. The van der Waals surface area contributed by atoms with Gasteiger partial charge in [0.15, 0.2) is 0 Å². The molecule has 3 nitrogen and oxygen atoms in total. The second-order valence-electron chi connectivity index (χ2n) is 3.37. The Morgan fingerprint density at radius 3 is 2.53 bits per heavy atom. The van der Waals surface area contributed by atoms with Gasteiger partial charge in [-0.25, -0.2) is 5.84 Å². The van der Waals surface area contributed by atoms with Crippen molar-refractivity contribution in [1.29, 1.82) is 0 Å². The van der Waals surface area contributed by atoms with E-state index in [0.29, 0.717) is 4.88 Å². The van der Waals surface area contributed by atoms with Crippen LogP contribution in [0.15, 0.2) is 41.3 Å². The lowest BCUT2D eigenvalue weighted by atomic mass is 10.2. The molecule has 88 valence electrons. The summed E-state index contributed by atoms with van der Waals surface area (Å²) in [6.07, 6.45) is 2.05. The van der Waals surface area contributed by atoms with Crippen molar-refractivity contribution in [3.63, 3.8) is 0 Å². The second-order valence-corrected chi connectivity index (χ2v) is 5.33. The fourth-order valence-corrected chi connectivity index (χ4v) is 2.76. The second kappa shape index (κ2) is 5.35. The predicted octanol–water partition coefficient (Wildman–Crippen LogP) is 2.74. The van der Waals surface area contributed by atoms with Crippen LogP contribution in [0.4, 0.5) is 0 Å². The highest BCUT2D eigenvalue weighted by Crippen LogP contribution is 2.29. The van der Waals surface area contributed by atoms with Crippen LogP contribution in [-0.2, 0) is 0 Å². The molecule has 1 aromatic heterocycles. The fraction of sp³-hybridized carbons (Fsp3) is 0.0833. The molecule has 0 atom stereocenters. The number of hydrogen-bond acceptors (Lipinski definition) is 4. The minimum atomic E-state index is -0.248. The molecule has 2 rings (SSSR count). The first-order valence-electron chi connectivity index (χ1n) is 5.00. The zero-order valence-corrected chi connectivity index (χ0v) is 10.9. The number of nitrogens with two attached hydrogens (primary N) is 1. The molecular formula is C12H12N2OS2. The lowest BCUT2D eigenvalue weighted by Gasteiger charge is -1.99. The highest BCUT2D eigenvalue weighted by molar-refractivity contribution is 7.98. The summed E-state index contributed by atoms with van der Waals surface area (Å²) < 4.78 is 0. The molecule has 0 saturated carbocycles. The van der Waals surface area contributed by atoms with E-state index in [1.165, 1.54) is 16.2 Å². The van der Waals surface area contributed by atoms with Gasteiger partial charge in [0.05, 0.1) is 4.88 Å². The van der Waals surface area contributed by atoms with Crippen LogP contribution >= 0.6 is 23.1 Å². The van der Waals surface area contributed by atoms with Gasteiger partial charge < -0.3 is 0 Å². The van der Waals surface area contributed by atoms with Crippen molar-refractivity contribution >= 4 is 29.0 Å². The quantitative estimate of drug-likeness (QED) is 0.388. The average molecular weight is 264 g/mol. The van der Waals surface area contributed by atoms with E-state index in [0.717, 1.165) is 10.4 Å². The molecule has 3 N–H and O–H groups in total. The van der Waals surface area contributed by atoms with Gasteiger partial charge in [0.1, 0.15) is 0 Å². The third-order valence-corrected chi connectivity index (χ3v) is 4.21. The Hall–Kier alpha value is -1.30. The maximum atomic E-state index is 11.3. The standard InChI is InChI=1S/C12H12N2OS2/c1-16-9-4-2-8(3-5-9)10-6-7-11(17-10)12(15)14-13/h2-7H,13H2,1H3,(H,14,15). The fourth-order valence-electron chi connectivity index (χ4n) is 1.44. The number of benzene rings is 1. The number of nitrogen functional groups attached to an aromatic ring is 1. The molecule has 0 aliphatic carbocycles. The van der Waals surface area contributed by atoms with E-state index in [4.69, 9.17) is 5.84 Å². The van der Waals surface area contributed by atoms with Crippen LogP contribution in [0.25, 0.3) is 10.4 Å². The molecule has 5 heteroatoms. The van der Waals surface area contributed by atoms with E-state index in [-0.39, 0.29) is 5.91 Å². The van der Waals surface area contributed by atoms with Crippen LogP contribution in [0.3, 0.4) is 0 Å². The Balaban J connectivity index is 2.27. The van der Waals surface area contributed by atoms with E-state index in [1.54, 1.807) is 17.8 Å². The number of carbonyl (C=O) groups is 1. The monoisotopic (exact) mass is 264 g/mol. The van der Waals surface area contributed by atoms with E-state index >= 15 is 0 Å². The summed E-state index contributed by atoms with van der Waals surface area (Å²) in [6.45, 7) is 0. The van der Waals surface area contributed by atoms with Crippen molar-refractivity contribution in [2.75, 3.05) is 6.26 Å². The van der Waals surface area contributed by atoms with E-state index in [1.807, 2.05) is 12.3 Å². The summed E-state index contributed by atoms with van der Waals surface area (Å²) in [7, 11) is 0. The van der Waals surface area contributed by atoms with Gasteiger partial charge in [-0.05, 0) is 36.1 Å². The first kappa shape index (κ1) is 12.2. The molecule has 0 fully saturated rings. The molecule has 0 radical (unpaired) electrons. The first-order chi connectivity index (χ1) is 8.24. The van der Waals surface area contributed by atoms with Crippen molar-refractivity contribution < 1.29 is 4.79 Å². The number of thioether (sulfide) groups is 1. The summed E-state index contributed by atoms with van der Waals surface area (Å²) in [6, 6.07) is 12.0. The van der Waals surface area contributed by atoms with E-state index in [2.05, 4.69) is 29.7 Å². The largest absolute Gasteiger partial charge is 0.289 e. The van der Waals surface area contributed by atoms with Crippen molar-refractivity contribution in [3.8, 4) is 10.4 Å². The molecule has 1 amide bonds. The molecular weight excluding hydrogens is 252 g/mol. The number of nitrogens with one attached hydrogen (secondary N) is 1. The molecule has 0 bridgehead atoms. The topological polar surface area (TPSA) is 55.1 Å². The number of carbonyl (C=O) groups excluding carboxylic acids is 1. The van der Waals surface area contributed by atoms with Crippen LogP contribution in [0.1, 0.15) is 9.67 Å². The maximum absolute atomic E-state index is 11.3. The van der Waals surface area contributed by atoms with E-state index < -0.39 is 0 Å². The Morgan fingerprint density at radius 1 is 1.24 bits per heavy atom. The zero-order valence-electron chi connectivity index (χ0n) is 9.27. The predicted molar refractivity (Wildman–Crippen MR) is 73.2 cm³/mol. The van der Waals surface area contributed by atoms with Crippen LogP contribution in [0.2, 0.25) is 0 Å². The highest BCUT2D eigenvalue weighted by atomic mass is 32.2. The summed E-state index contributed by atoms with van der Waals surface area (Å²) in [5.74, 6) is 4.85. The summed E-state index contributed by atoms with van der Waals surface area (Å²) in [5.41, 5.74) is 3.25. The van der Waals surface area contributed by atoms with Crippen molar-refractivity contribution in [2.24, 2.45) is 5.84 Å². The number of amides is 1. The van der Waals surface area contributed by atoms with Crippen LogP contribution in [0.5, 0.6) is 0 Å². The Kier molecular flexibility index (Phi) is 3.83. The number of rotatable bonds is 3. The van der Waals surface area contributed by atoms with Gasteiger partial charge in [-0.1, -0.05) is 12.1 Å². The van der Waals surface area contributed by atoms with Gasteiger partial charge >= 0.3 is 0 Å². The minimum Gasteiger partial charge on any atom is -0.289 e. The van der Waals surface area contributed by atoms with Gasteiger partial charge in [-0.15, -0.1) is 23.1 Å². The van der Waals surface area contributed by atoms with Gasteiger partial charge in [-0.3, -0.25) is 10.2 Å². The van der Waals surface area contributed by atoms with Gasteiger partial charge in [0.2, 0.25) is 0 Å². The summed E-state index contributed by atoms with van der Waals surface area (Å²) in [5, 5.41) is 0. The Bertz CT molecular complexity index is 520. The SMILES string of the molecule is CSc1ccc(-c2ccc(C(=O)NN)s2)cc1. The molecule has 1 aromatic carbocycles. The van der Waals surface area contributed by atoms with E-state index in [9.17, 15) is 4.79 Å². The molecule has 2 aromatic rings. The number of hydrazine groups is 1. The first-order valence-corrected chi connectivity index (χ1v) is 7.04. The highest BCUT2D eigenvalue weighted by Gasteiger charge is 2.08. The summed E-state index contributed by atoms with van der Waals surface area (Å²) in [4.78, 5) is 14.2. The molecule has 0 spiro atoms. The Labute approximate surface area is 108 Å². The molecule has 0 aliphatic heterocycles. The van der Waals surface area contributed by atoms with Crippen LogP contribution in [0, 0.1) is 0 Å². The third kappa shape index (κ3) is 2.69. The normalized spacial score (nSPS) is 10.2. The van der Waals surface area contributed by atoms with Gasteiger partial charge in [-0.2, -0.15) is 0 Å². The van der Waals surface area contributed by atoms with Crippen molar-refractivity contribution in [3.05, 3.63) is 41.3 Å². The molecule has 0 unspecified atom stereocenters. The molecule has 17 heavy (non-hydrogen) atoms. The van der Waals surface area contributed by atoms with Crippen molar-refractivity contribution in [1.82, 2.24) is 5.43 Å². The zero-order chi connectivity index (χ0) is 12.3. The summed E-state index contributed by atoms with van der Waals surface area (Å²) >= 11 is 3.14. The lowest BCUT2D eigenvalue weighted by molar-refractivity contribution is 0.0957. The van der Waals surface area contributed by atoms with Gasteiger partial charge in [0.25, 0.3) is 5.91 Å². The number of thiophene rings is 1. The molecule has 0 aliphatic rings. The Morgan fingerprint density at radius 2 is 1.94 bits per heavy atom.